The Labute approximate surface area is 250 Å². The molecule has 1 aromatic rings. The normalized spacial score (nSPS) is 16.9. The van der Waals surface area contributed by atoms with Crippen LogP contribution in [0.25, 0.3) is 0 Å². The average Bonchev–Trinajstić information content (AvgIpc) is 3.74. The van der Waals surface area contributed by atoms with Crippen LogP contribution in [0, 0.1) is 11.8 Å². The van der Waals surface area contributed by atoms with Crippen LogP contribution in [0.2, 0.25) is 0 Å². The van der Waals surface area contributed by atoms with Crippen molar-refractivity contribution in [1.82, 2.24) is 21.1 Å². The van der Waals surface area contributed by atoms with Gasteiger partial charge in [-0.3, -0.25) is 29.6 Å². The molecule has 1 aliphatic heterocycles. The lowest BCUT2D eigenvalue weighted by Gasteiger charge is -2.29. The third kappa shape index (κ3) is 12.3. The number of carboxylic acid groups (broad SMARTS) is 1. The van der Waals surface area contributed by atoms with E-state index < -0.39 is 66.5 Å². The molecule has 4 atom stereocenters. The van der Waals surface area contributed by atoms with E-state index in [1.807, 2.05) is 27.7 Å². The number of rotatable bonds is 16. The molecular formula is C29H42N4O10. The first-order chi connectivity index (χ1) is 20.3. The molecule has 0 saturated carbocycles. The van der Waals surface area contributed by atoms with Crippen LogP contribution in [-0.4, -0.2) is 83.3 Å². The molecule has 4 N–H and O–H groups in total. The van der Waals surface area contributed by atoms with Crippen molar-refractivity contribution in [2.24, 2.45) is 11.8 Å². The summed E-state index contributed by atoms with van der Waals surface area (Å²) in [5, 5.41) is 15.2. The summed E-state index contributed by atoms with van der Waals surface area (Å²) in [4.78, 5) is 75.3. The van der Waals surface area contributed by atoms with Crippen LogP contribution in [0.15, 0.2) is 30.3 Å². The van der Waals surface area contributed by atoms with E-state index in [9.17, 15) is 28.8 Å². The van der Waals surface area contributed by atoms with Gasteiger partial charge in [-0.05, 0) is 37.2 Å². The van der Waals surface area contributed by atoms with Gasteiger partial charge in [-0.2, -0.15) is 0 Å². The molecule has 14 heteroatoms. The zero-order valence-electron chi connectivity index (χ0n) is 25.2. The molecule has 14 nitrogen and oxygen atoms in total. The van der Waals surface area contributed by atoms with E-state index in [1.54, 1.807) is 37.3 Å². The number of amides is 4. The second-order valence-electron chi connectivity index (χ2n) is 10.9. The Morgan fingerprint density at radius 1 is 0.907 bits per heavy atom. The minimum absolute atomic E-state index is 0.0697. The maximum absolute atomic E-state index is 13.4. The maximum Gasteiger partial charge on any atom is 0.408 e. The smallest absolute Gasteiger partial charge is 0.408 e. The Balaban J connectivity index is 2.12. The number of carboxylic acids is 1. The molecule has 1 saturated heterocycles. The standard InChI is InChI=1S/C29H42N4O10/c1-6-41-28(39)24-23(43-24)27(38)33(15-18(4)5)32-26(37)21(14-17(2)3)30-25(36)20(12-13-22(34)35)31-29(40)42-16-19-10-8-7-9-11-19/h7-11,17-18,20-21,23-24H,6,12-16H2,1-5H3,(H,30,36)(H,31,40)(H,32,37)(H,34,35)/t20-,21-,23-,24-/m0/s1. The monoisotopic (exact) mass is 606 g/mol. The van der Waals surface area contributed by atoms with Crippen molar-refractivity contribution in [3.8, 4) is 0 Å². The first-order valence-electron chi connectivity index (χ1n) is 14.3. The third-order valence-corrected chi connectivity index (χ3v) is 6.12. The summed E-state index contributed by atoms with van der Waals surface area (Å²) in [6.45, 7) is 9.08. The van der Waals surface area contributed by atoms with Gasteiger partial charge in [0.2, 0.25) is 5.91 Å². The molecule has 0 radical (unpaired) electrons. The average molecular weight is 607 g/mol. The van der Waals surface area contributed by atoms with Crippen molar-refractivity contribution in [3.63, 3.8) is 0 Å². The SMILES string of the molecule is CCOC(=O)[C@H]1O[C@@H]1C(=O)N(CC(C)C)NC(=O)[C@H](CC(C)C)NC(=O)[C@H](CCC(=O)O)NC(=O)OCc1ccccc1. The molecule has 1 fully saturated rings. The molecule has 4 amide bonds. The van der Waals surface area contributed by atoms with Crippen LogP contribution in [0.4, 0.5) is 4.79 Å². The Bertz CT molecular complexity index is 1130. The molecule has 43 heavy (non-hydrogen) atoms. The molecular weight excluding hydrogens is 564 g/mol. The lowest BCUT2D eigenvalue weighted by molar-refractivity contribution is -0.146. The molecule has 1 aromatic carbocycles. The minimum atomic E-state index is -1.32. The van der Waals surface area contributed by atoms with Gasteiger partial charge < -0.3 is 30.0 Å². The van der Waals surface area contributed by atoms with Crippen LogP contribution in [0.5, 0.6) is 0 Å². The highest BCUT2D eigenvalue weighted by molar-refractivity contribution is 5.95. The predicted molar refractivity (Wildman–Crippen MR) is 152 cm³/mol. The Morgan fingerprint density at radius 3 is 2.16 bits per heavy atom. The molecule has 0 spiro atoms. The van der Waals surface area contributed by atoms with Crippen molar-refractivity contribution in [2.75, 3.05) is 13.2 Å². The summed E-state index contributed by atoms with van der Waals surface area (Å²) in [5.74, 6) is -4.16. The van der Waals surface area contributed by atoms with Gasteiger partial charge in [-0.15, -0.1) is 0 Å². The number of hydrogen-bond acceptors (Lipinski definition) is 9. The molecule has 0 bridgehead atoms. The summed E-state index contributed by atoms with van der Waals surface area (Å²) in [7, 11) is 0. The highest BCUT2D eigenvalue weighted by atomic mass is 16.6. The number of ether oxygens (including phenoxy) is 3. The molecule has 2 rings (SSSR count). The number of hydrazine groups is 1. The van der Waals surface area contributed by atoms with E-state index in [1.165, 1.54) is 0 Å². The fourth-order valence-electron chi connectivity index (χ4n) is 4.04. The minimum Gasteiger partial charge on any atom is -0.481 e. The van der Waals surface area contributed by atoms with Crippen LogP contribution >= 0.6 is 0 Å². The van der Waals surface area contributed by atoms with Crippen molar-refractivity contribution in [3.05, 3.63) is 35.9 Å². The quantitative estimate of drug-likeness (QED) is 0.122. The summed E-state index contributed by atoms with van der Waals surface area (Å²) in [6.07, 6.45) is -3.64. The summed E-state index contributed by atoms with van der Waals surface area (Å²) < 4.78 is 15.3. The number of benzene rings is 1. The molecule has 0 aromatic heterocycles. The van der Waals surface area contributed by atoms with Crippen LogP contribution in [-0.2, 0) is 44.8 Å². The summed E-state index contributed by atoms with van der Waals surface area (Å²) in [6, 6.07) is 6.37. The zero-order chi connectivity index (χ0) is 32.1. The second-order valence-corrected chi connectivity index (χ2v) is 10.9. The highest BCUT2D eigenvalue weighted by Crippen LogP contribution is 2.25. The van der Waals surface area contributed by atoms with Crippen LogP contribution in [0.3, 0.4) is 0 Å². The maximum atomic E-state index is 13.4. The first-order valence-corrected chi connectivity index (χ1v) is 14.3. The Morgan fingerprint density at radius 2 is 1.58 bits per heavy atom. The zero-order valence-corrected chi connectivity index (χ0v) is 25.2. The van der Waals surface area contributed by atoms with E-state index in [-0.39, 0.29) is 44.4 Å². The highest BCUT2D eigenvalue weighted by Gasteiger charge is 2.53. The van der Waals surface area contributed by atoms with E-state index in [0.29, 0.717) is 5.56 Å². The fraction of sp³-hybridized carbons (Fsp3) is 0.586. The van der Waals surface area contributed by atoms with Gasteiger partial charge >= 0.3 is 18.0 Å². The van der Waals surface area contributed by atoms with Crippen molar-refractivity contribution < 1.29 is 48.1 Å². The van der Waals surface area contributed by atoms with Gasteiger partial charge in [0.05, 0.1) is 6.61 Å². The number of aliphatic carboxylic acids is 1. The van der Waals surface area contributed by atoms with Gasteiger partial charge in [0.15, 0.2) is 12.2 Å². The van der Waals surface area contributed by atoms with Gasteiger partial charge in [0.1, 0.15) is 18.7 Å². The lowest BCUT2D eigenvalue weighted by Crippen LogP contribution is -2.58. The summed E-state index contributed by atoms with van der Waals surface area (Å²) in [5.41, 5.74) is 3.24. The topological polar surface area (TPSA) is 193 Å². The van der Waals surface area contributed by atoms with Crippen molar-refractivity contribution in [2.45, 2.75) is 84.8 Å². The Kier molecular flexibility index (Phi) is 13.9. The first kappa shape index (κ1) is 35.0. The fourth-order valence-corrected chi connectivity index (χ4v) is 4.04. The number of nitrogens with one attached hydrogen (secondary N) is 3. The predicted octanol–water partition coefficient (Wildman–Crippen LogP) is 1.52. The number of epoxide rings is 1. The number of carbonyl (C=O) groups excluding carboxylic acids is 5. The van der Waals surface area contributed by atoms with Crippen molar-refractivity contribution in [1.29, 1.82) is 0 Å². The number of hydrogen-bond donors (Lipinski definition) is 4. The molecule has 238 valence electrons. The summed E-state index contributed by atoms with van der Waals surface area (Å²) >= 11 is 0. The van der Waals surface area contributed by atoms with Crippen LogP contribution < -0.4 is 16.1 Å². The van der Waals surface area contributed by atoms with Crippen LogP contribution in [0.1, 0.15) is 59.4 Å². The third-order valence-electron chi connectivity index (χ3n) is 6.12. The number of carbonyl (C=O) groups is 6. The Hall–Kier alpha value is -4.20. The number of alkyl carbamates (subject to hydrolysis) is 1. The number of nitrogens with zero attached hydrogens (tertiary/aromatic N) is 1. The second kappa shape index (κ2) is 17.0. The van der Waals surface area contributed by atoms with E-state index in [2.05, 4.69) is 16.1 Å². The van der Waals surface area contributed by atoms with Crippen molar-refractivity contribution >= 4 is 35.8 Å². The molecule has 0 unspecified atom stereocenters. The molecule has 1 aliphatic rings. The van der Waals surface area contributed by atoms with Gasteiger partial charge in [-0.25, -0.2) is 9.59 Å². The largest absolute Gasteiger partial charge is 0.481 e. The lowest BCUT2D eigenvalue weighted by atomic mass is 10.0. The molecule has 0 aliphatic carbocycles. The molecule has 1 heterocycles. The van der Waals surface area contributed by atoms with E-state index in [0.717, 1.165) is 5.01 Å². The van der Waals surface area contributed by atoms with E-state index in [4.69, 9.17) is 19.3 Å². The van der Waals surface area contributed by atoms with Gasteiger partial charge in [0.25, 0.3) is 11.8 Å². The van der Waals surface area contributed by atoms with E-state index >= 15 is 0 Å². The van der Waals surface area contributed by atoms with Gasteiger partial charge in [0, 0.05) is 13.0 Å². The number of esters is 1. The van der Waals surface area contributed by atoms with Gasteiger partial charge in [-0.1, -0.05) is 58.0 Å².